The minimum Gasteiger partial charge on any atom is -0.378 e. The lowest BCUT2D eigenvalue weighted by molar-refractivity contribution is -0.142. The molecule has 3 rings (SSSR count). The van der Waals surface area contributed by atoms with Crippen molar-refractivity contribution in [2.45, 2.75) is 24.9 Å². The smallest absolute Gasteiger partial charge is 0.249 e. The van der Waals surface area contributed by atoms with Crippen molar-refractivity contribution < 1.29 is 14.3 Å². The molecule has 0 radical (unpaired) electrons. The maximum absolute atomic E-state index is 12.8. The van der Waals surface area contributed by atoms with E-state index in [9.17, 15) is 9.59 Å². The van der Waals surface area contributed by atoms with Gasteiger partial charge in [-0.05, 0) is 25.0 Å². The van der Waals surface area contributed by atoms with Crippen LogP contribution in [-0.2, 0) is 14.3 Å². The van der Waals surface area contributed by atoms with Crippen LogP contribution < -0.4 is 10.2 Å². The van der Waals surface area contributed by atoms with E-state index in [2.05, 4.69) is 5.32 Å². The number of para-hydroxylation sites is 1. The monoisotopic (exact) mass is 317 g/mol. The first kappa shape index (κ1) is 16.0. The highest BCUT2D eigenvalue weighted by molar-refractivity contribution is 6.00. The summed E-state index contributed by atoms with van der Waals surface area (Å²) in [4.78, 5) is 28.8. The van der Waals surface area contributed by atoms with Gasteiger partial charge in [-0.15, -0.1) is 0 Å². The lowest BCUT2D eigenvalue weighted by Gasteiger charge is -2.38. The molecule has 2 heterocycles. The van der Waals surface area contributed by atoms with E-state index in [-0.39, 0.29) is 17.9 Å². The second-order valence-electron chi connectivity index (χ2n) is 6.01. The number of carbonyl (C=O) groups excluding carboxylic acids is 2. The second-order valence-corrected chi connectivity index (χ2v) is 6.01. The third-order valence-corrected chi connectivity index (χ3v) is 4.51. The number of likely N-dealkylation sites (N-methyl/N-ethyl adjacent to an activating group) is 1. The Bertz CT molecular complexity index is 557. The lowest BCUT2D eigenvalue weighted by atomic mass is 10.0. The molecule has 0 aromatic heterocycles. The molecule has 1 aromatic rings. The molecule has 1 N–H and O–H groups in total. The van der Waals surface area contributed by atoms with E-state index in [1.165, 1.54) is 0 Å². The van der Waals surface area contributed by atoms with Crippen molar-refractivity contribution in [3.63, 3.8) is 0 Å². The second kappa shape index (κ2) is 7.10. The Morgan fingerprint density at radius 1 is 1.35 bits per heavy atom. The fourth-order valence-electron chi connectivity index (χ4n) is 3.20. The first-order chi connectivity index (χ1) is 11.2. The number of rotatable bonds is 3. The third-order valence-electron chi connectivity index (χ3n) is 4.51. The molecule has 1 aromatic carbocycles. The van der Waals surface area contributed by atoms with Crippen LogP contribution >= 0.6 is 0 Å². The molecule has 0 aliphatic carbocycles. The number of nitrogens with zero attached hydrogens (tertiary/aromatic N) is 2. The number of piperidine rings is 1. The lowest BCUT2D eigenvalue weighted by Crippen LogP contribution is -2.58. The summed E-state index contributed by atoms with van der Waals surface area (Å²) >= 11 is 0. The number of ether oxygens (including phenoxy) is 1. The zero-order valence-corrected chi connectivity index (χ0v) is 13.4. The topological polar surface area (TPSA) is 61.9 Å². The van der Waals surface area contributed by atoms with E-state index in [0.29, 0.717) is 32.7 Å². The molecule has 2 fully saturated rings. The number of amides is 2. The summed E-state index contributed by atoms with van der Waals surface area (Å²) in [6.45, 7) is 2.36. The van der Waals surface area contributed by atoms with E-state index in [4.69, 9.17) is 4.74 Å². The van der Waals surface area contributed by atoms with Crippen LogP contribution in [0, 0.1) is 0 Å². The van der Waals surface area contributed by atoms with E-state index in [1.54, 1.807) is 16.8 Å². The molecule has 2 aliphatic heterocycles. The Kier molecular flexibility index (Phi) is 4.93. The number of nitrogens with one attached hydrogen (secondary N) is 1. The molecule has 6 heteroatoms. The summed E-state index contributed by atoms with van der Waals surface area (Å²) in [5.74, 6) is -0.0759. The first-order valence-electron chi connectivity index (χ1n) is 8.12. The molecule has 0 spiro atoms. The Hall–Kier alpha value is -1.92. The van der Waals surface area contributed by atoms with E-state index >= 15 is 0 Å². The van der Waals surface area contributed by atoms with Gasteiger partial charge in [-0.2, -0.15) is 0 Å². The minimum atomic E-state index is -0.403. The van der Waals surface area contributed by atoms with Crippen LogP contribution in [0.4, 0.5) is 5.69 Å². The highest BCUT2D eigenvalue weighted by Crippen LogP contribution is 2.23. The third kappa shape index (κ3) is 3.38. The van der Waals surface area contributed by atoms with E-state index < -0.39 is 6.04 Å². The van der Waals surface area contributed by atoms with Gasteiger partial charge in [0.2, 0.25) is 11.8 Å². The van der Waals surface area contributed by atoms with E-state index in [0.717, 1.165) is 12.1 Å². The van der Waals surface area contributed by atoms with Crippen molar-refractivity contribution in [1.29, 1.82) is 0 Å². The molecule has 2 atom stereocenters. The molecular weight excluding hydrogens is 294 g/mol. The van der Waals surface area contributed by atoms with Crippen LogP contribution in [-0.4, -0.2) is 62.1 Å². The summed E-state index contributed by atoms with van der Waals surface area (Å²) in [5, 5.41) is 3.16. The number of hydrogen-bond acceptors (Lipinski definition) is 4. The van der Waals surface area contributed by atoms with Gasteiger partial charge in [0.05, 0.1) is 13.2 Å². The van der Waals surface area contributed by atoms with Crippen molar-refractivity contribution in [2.75, 3.05) is 38.3 Å². The average molecular weight is 317 g/mol. The molecule has 2 amide bonds. The SMILES string of the molecule is CN(C(=O)C1COCCN1)C1CCCN(c2ccccc2)C1=O. The predicted molar refractivity (Wildman–Crippen MR) is 87.2 cm³/mol. The highest BCUT2D eigenvalue weighted by Gasteiger charge is 2.36. The summed E-state index contributed by atoms with van der Waals surface area (Å²) in [6, 6.07) is 8.88. The first-order valence-corrected chi connectivity index (χ1v) is 8.12. The molecule has 2 aliphatic rings. The number of benzene rings is 1. The van der Waals surface area contributed by atoms with Gasteiger partial charge in [0, 0.05) is 25.8 Å². The van der Waals surface area contributed by atoms with Crippen molar-refractivity contribution in [1.82, 2.24) is 10.2 Å². The summed E-state index contributed by atoms with van der Waals surface area (Å²) < 4.78 is 5.35. The van der Waals surface area contributed by atoms with Gasteiger partial charge in [0.25, 0.3) is 0 Å². The van der Waals surface area contributed by atoms with Crippen molar-refractivity contribution >= 4 is 17.5 Å². The fourth-order valence-corrected chi connectivity index (χ4v) is 3.20. The number of anilines is 1. The van der Waals surface area contributed by atoms with Crippen molar-refractivity contribution in [3.05, 3.63) is 30.3 Å². The Morgan fingerprint density at radius 2 is 2.13 bits per heavy atom. The van der Waals surface area contributed by atoms with Gasteiger partial charge in [0.15, 0.2) is 0 Å². The zero-order chi connectivity index (χ0) is 16.2. The molecule has 2 saturated heterocycles. The van der Waals surface area contributed by atoms with Crippen LogP contribution in [0.1, 0.15) is 12.8 Å². The number of morpholine rings is 1. The maximum Gasteiger partial charge on any atom is 0.249 e. The molecule has 6 nitrogen and oxygen atoms in total. The number of hydrogen-bond donors (Lipinski definition) is 1. The van der Waals surface area contributed by atoms with Crippen molar-refractivity contribution in [3.8, 4) is 0 Å². The zero-order valence-electron chi connectivity index (χ0n) is 13.4. The van der Waals surface area contributed by atoms with Gasteiger partial charge in [-0.3, -0.25) is 9.59 Å². The van der Waals surface area contributed by atoms with E-state index in [1.807, 2.05) is 30.3 Å². The highest BCUT2D eigenvalue weighted by atomic mass is 16.5. The van der Waals surface area contributed by atoms with Gasteiger partial charge in [-0.1, -0.05) is 18.2 Å². The molecule has 0 bridgehead atoms. The molecule has 0 saturated carbocycles. The molecular formula is C17H23N3O3. The fraction of sp³-hybridized carbons (Fsp3) is 0.529. The molecule has 124 valence electrons. The van der Waals surface area contributed by atoms with Crippen LogP contribution in [0.15, 0.2) is 30.3 Å². The van der Waals surface area contributed by atoms with Gasteiger partial charge in [-0.25, -0.2) is 0 Å². The van der Waals surface area contributed by atoms with Crippen LogP contribution in [0.3, 0.4) is 0 Å². The van der Waals surface area contributed by atoms with Crippen LogP contribution in [0.25, 0.3) is 0 Å². The summed E-state index contributed by atoms with van der Waals surface area (Å²) in [7, 11) is 1.72. The Labute approximate surface area is 136 Å². The van der Waals surface area contributed by atoms with Gasteiger partial charge < -0.3 is 19.9 Å². The summed E-state index contributed by atoms with van der Waals surface area (Å²) in [5.41, 5.74) is 0.891. The standard InChI is InChI=1S/C17H23N3O3/c1-19(16(21)14-12-23-11-9-18-14)15-8-5-10-20(17(15)22)13-6-3-2-4-7-13/h2-4,6-7,14-15,18H,5,8-12H2,1H3. The average Bonchev–Trinajstić information content (AvgIpc) is 2.62. The van der Waals surface area contributed by atoms with Crippen LogP contribution in [0.2, 0.25) is 0 Å². The molecule has 2 unspecified atom stereocenters. The quantitative estimate of drug-likeness (QED) is 0.888. The normalized spacial score (nSPS) is 25.3. The van der Waals surface area contributed by atoms with Crippen LogP contribution in [0.5, 0.6) is 0 Å². The summed E-state index contributed by atoms with van der Waals surface area (Å²) in [6.07, 6.45) is 1.59. The van der Waals surface area contributed by atoms with Gasteiger partial charge in [0.1, 0.15) is 12.1 Å². The number of carbonyl (C=O) groups is 2. The maximum atomic E-state index is 12.8. The largest absolute Gasteiger partial charge is 0.378 e. The van der Waals surface area contributed by atoms with Crippen molar-refractivity contribution in [2.24, 2.45) is 0 Å². The molecule has 23 heavy (non-hydrogen) atoms. The Morgan fingerprint density at radius 3 is 2.83 bits per heavy atom. The Balaban J connectivity index is 1.71. The van der Waals surface area contributed by atoms with Gasteiger partial charge >= 0.3 is 0 Å². The predicted octanol–water partition coefficient (Wildman–Crippen LogP) is 0.629. The minimum absolute atomic E-state index is 0.00460.